The first-order valence-electron chi connectivity index (χ1n) is 10.1. The Morgan fingerprint density at radius 3 is 2.50 bits per heavy atom. The molecule has 32 heavy (non-hydrogen) atoms. The van der Waals surface area contributed by atoms with Crippen LogP contribution < -0.4 is 15.5 Å². The summed E-state index contributed by atoms with van der Waals surface area (Å²) in [5, 5.41) is 3.98. The van der Waals surface area contributed by atoms with Crippen LogP contribution in [0.5, 0.6) is 5.75 Å². The van der Waals surface area contributed by atoms with E-state index in [4.69, 9.17) is 17.0 Å². The van der Waals surface area contributed by atoms with Crippen LogP contribution in [-0.2, 0) is 9.59 Å². The van der Waals surface area contributed by atoms with Gasteiger partial charge in [0.15, 0.2) is 5.11 Å². The van der Waals surface area contributed by atoms with Gasteiger partial charge in [0, 0.05) is 17.8 Å². The zero-order valence-corrected chi connectivity index (χ0v) is 18.4. The lowest BCUT2D eigenvalue weighted by atomic mass is 10.1. The van der Waals surface area contributed by atoms with Gasteiger partial charge in [0.25, 0.3) is 11.8 Å². The summed E-state index contributed by atoms with van der Waals surface area (Å²) >= 11 is 5.33. The van der Waals surface area contributed by atoms with Gasteiger partial charge in [-0.15, -0.1) is 0 Å². The average molecular weight is 459 g/mol. The number of carbonyl (C=O) groups is 3. The van der Waals surface area contributed by atoms with E-state index in [0.717, 1.165) is 6.07 Å². The molecule has 8 nitrogen and oxygen atoms in total. The Bertz CT molecular complexity index is 1030. The fourth-order valence-electron chi connectivity index (χ4n) is 3.24. The quantitative estimate of drug-likeness (QED) is 0.591. The van der Waals surface area contributed by atoms with Crippen molar-refractivity contribution >= 4 is 40.7 Å². The number of thiocarbonyl (C=S) groups is 1. The molecule has 10 heteroatoms. The highest BCUT2D eigenvalue weighted by Gasteiger charge is 2.43. The number of carbonyl (C=O) groups excluding carboxylic acids is 3. The molecule has 1 fully saturated rings. The van der Waals surface area contributed by atoms with Crippen molar-refractivity contribution in [3.8, 4) is 5.75 Å². The molecule has 3 rings (SSSR count). The summed E-state index contributed by atoms with van der Waals surface area (Å²) < 4.78 is 18.8. The van der Waals surface area contributed by atoms with Crippen molar-refractivity contribution in [3.05, 3.63) is 59.9 Å². The maximum absolute atomic E-state index is 13.5. The van der Waals surface area contributed by atoms with E-state index in [1.54, 1.807) is 31.2 Å². The molecule has 0 radical (unpaired) electrons. The van der Waals surface area contributed by atoms with E-state index >= 15 is 0 Å². The maximum atomic E-state index is 13.5. The lowest BCUT2D eigenvalue weighted by Crippen LogP contribution is -2.49. The second-order valence-electron chi connectivity index (χ2n) is 6.91. The van der Waals surface area contributed by atoms with Gasteiger partial charge in [0.1, 0.15) is 17.6 Å². The van der Waals surface area contributed by atoms with E-state index in [9.17, 15) is 18.8 Å². The van der Waals surface area contributed by atoms with Crippen LogP contribution in [0, 0.1) is 5.82 Å². The Morgan fingerprint density at radius 1 is 1.16 bits per heavy atom. The number of benzene rings is 2. The van der Waals surface area contributed by atoms with Crippen molar-refractivity contribution < 1.29 is 23.5 Å². The lowest BCUT2D eigenvalue weighted by molar-refractivity contribution is -0.130. The van der Waals surface area contributed by atoms with Crippen LogP contribution in [0.2, 0.25) is 0 Å². The molecular weight excluding hydrogens is 435 g/mol. The predicted octanol–water partition coefficient (Wildman–Crippen LogP) is 2.72. The van der Waals surface area contributed by atoms with Crippen molar-refractivity contribution in [1.29, 1.82) is 0 Å². The third-order valence-corrected chi connectivity index (χ3v) is 5.17. The molecule has 2 N–H and O–H groups in total. The molecule has 0 bridgehead atoms. The van der Waals surface area contributed by atoms with Crippen molar-refractivity contribution in [3.63, 3.8) is 0 Å². The van der Waals surface area contributed by atoms with Crippen LogP contribution in [0.3, 0.4) is 0 Å². The molecule has 0 saturated carbocycles. The topological polar surface area (TPSA) is 91.0 Å². The molecular formula is C22H23FN4O4S. The monoisotopic (exact) mass is 458 g/mol. The highest BCUT2D eigenvalue weighted by molar-refractivity contribution is 7.80. The van der Waals surface area contributed by atoms with Gasteiger partial charge in [-0.1, -0.05) is 6.07 Å². The van der Waals surface area contributed by atoms with Gasteiger partial charge >= 0.3 is 0 Å². The van der Waals surface area contributed by atoms with Gasteiger partial charge in [0.2, 0.25) is 5.91 Å². The minimum Gasteiger partial charge on any atom is -0.494 e. The van der Waals surface area contributed by atoms with Crippen LogP contribution in [0.4, 0.5) is 10.1 Å². The van der Waals surface area contributed by atoms with Crippen LogP contribution in [0.15, 0.2) is 48.5 Å². The van der Waals surface area contributed by atoms with E-state index in [0.29, 0.717) is 18.0 Å². The molecule has 1 unspecified atom stereocenters. The molecule has 168 valence electrons. The van der Waals surface area contributed by atoms with E-state index < -0.39 is 29.6 Å². The number of rotatable bonds is 8. The number of amides is 3. The highest BCUT2D eigenvalue weighted by Crippen LogP contribution is 2.21. The molecule has 3 amide bonds. The summed E-state index contributed by atoms with van der Waals surface area (Å²) in [6.45, 7) is 4.41. The van der Waals surface area contributed by atoms with E-state index in [2.05, 4.69) is 10.7 Å². The molecule has 0 aliphatic carbocycles. The number of hydrogen-bond acceptors (Lipinski definition) is 5. The van der Waals surface area contributed by atoms with Crippen molar-refractivity contribution in [2.75, 3.05) is 18.5 Å². The standard InChI is InChI=1S/C22H23FN4O4S/c1-3-26-21(30)18(13-19(28)24-16-8-10-17(11-9-16)31-4-2)27(22(26)32)25-20(29)14-6-5-7-15(23)12-14/h5-12,18H,3-4,13H2,1-2H3,(H,24,28)(H,25,29). The van der Waals surface area contributed by atoms with Gasteiger partial charge in [-0.25, -0.2) is 9.40 Å². The number of anilines is 1. The Hall–Kier alpha value is -3.53. The Balaban J connectivity index is 1.72. The first-order chi connectivity index (χ1) is 15.3. The fraction of sp³-hybridized carbons (Fsp3) is 0.273. The largest absolute Gasteiger partial charge is 0.494 e. The van der Waals surface area contributed by atoms with Crippen molar-refractivity contribution in [1.82, 2.24) is 15.3 Å². The number of hydrogen-bond donors (Lipinski definition) is 2. The van der Waals surface area contributed by atoms with Crippen LogP contribution >= 0.6 is 12.2 Å². The smallest absolute Gasteiger partial charge is 0.269 e. The van der Waals surface area contributed by atoms with Crippen LogP contribution in [0.1, 0.15) is 30.6 Å². The number of likely N-dealkylation sites (N-methyl/N-ethyl adjacent to an activating group) is 1. The third kappa shape index (κ3) is 5.20. The van der Waals surface area contributed by atoms with Gasteiger partial charge in [-0.05, 0) is 68.5 Å². The molecule has 0 spiro atoms. The van der Waals surface area contributed by atoms with E-state index in [1.165, 1.54) is 28.1 Å². The summed E-state index contributed by atoms with van der Waals surface area (Å²) in [4.78, 5) is 39.3. The third-order valence-electron chi connectivity index (χ3n) is 4.75. The molecule has 2 aromatic carbocycles. The summed E-state index contributed by atoms with van der Waals surface area (Å²) in [6, 6.07) is 10.9. The van der Waals surface area contributed by atoms with Gasteiger partial charge < -0.3 is 10.1 Å². The molecule has 1 aliphatic rings. The summed E-state index contributed by atoms with van der Waals surface area (Å²) in [7, 11) is 0. The normalized spacial score (nSPS) is 15.7. The van der Waals surface area contributed by atoms with Crippen molar-refractivity contribution in [2.45, 2.75) is 26.3 Å². The first-order valence-corrected chi connectivity index (χ1v) is 10.5. The number of nitrogens with one attached hydrogen (secondary N) is 2. The predicted molar refractivity (Wildman–Crippen MR) is 120 cm³/mol. The zero-order valence-electron chi connectivity index (χ0n) is 17.6. The SMILES string of the molecule is CCOc1ccc(NC(=O)CC2C(=O)N(CC)C(=S)N2NC(=O)c2cccc(F)c2)cc1. The first kappa shape index (κ1) is 23.1. The second-order valence-corrected chi connectivity index (χ2v) is 7.28. The minimum absolute atomic E-state index is 0.0628. The van der Waals surface area contributed by atoms with Gasteiger partial charge in [-0.2, -0.15) is 0 Å². The number of halogens is 1. The molecule has 2 aromatic rings. The van der Waals surface area contributed by atoms with E-state index in [1.807, 2.05) is 6.92 Å². The van der Waals surface area contributed by atoms with Gasteiger partial charge in [0.05, 0.1) is 13.0 Å². The second kappa shape index (κ2) is 10.2. The number of nitrogens with zero attached hydrogens (tertiary/aromatic N) is 2. The molecule has 1 heterocycles. The lowest BCUT2D eigenvalue weighted by Gasteiger charge is -2.24. The Labute approximate surface area is 190 Å². The van der Waals surface area contributed by atoms with Crippen LogP contribution in [0.25, 0.3) is 0 Å². The molecule has 1 saturated heterocycles. The summed E-state index contributed by atoms with van der Waals surface area (Å²) in [5.41, 5.74) is 3.13. The molecule has 1 aliphatic heterocycles. The van der Waals surface area contributed by atoms with Crippen LogP contribution in [-0.4, -0.2) is 51.9 Å². The van der Waals surface area contributed by atoms with Crippen molar-refractivity contribution in [2.24, 2.45) is 0 Å². The maximum Gasteiger partial charge on any atom is 0.269 e. The zero-order chi connectivity index (χ0) is 23.3. The molecule has 0 aromatic heterocycles. The molecule has 1 atom stereocenters. The summed E-state index contributed by atoms with van der Waals surface area (Å²) in [6.07, 6.45) is -0.244. The fourth-order valence-corrected chi connectivity index (χ4v) is 3.63. The minimum atomic E-state index is -1.03. The number of ether oxygens (including phenoxy) is 1. The number of hydrazine groups is 1. The van der Waals surface area contributed by atoms with Gasteiger partial charge in [-0.3, -0.25) is 24.7 Å². The summed E-state index contributed by atoms with van der Waals surface area (Å²) in [5.74, 6) is -1.38. The Morgan fingerprint density at radius 2 is 1.88 bits per heavy atom. The Kier molecular flexibility index (Phi) is 7.37. The highest BCUT2D eigenvalue weighted by atomic mass is 32.1. The van der Waals surface area contributed by atoms with E-state index in [-0.39, 0.29) is 23.6 Å². The average Bonchev–Trinajstić information content (AvgIpc) is 2.98.